The Kier molecular flexibility index (Phi) is 9.87. The van der Waals surface area contributed by atoms with Crippen LogP contribution in [0.25, 0.3) is 10.9 Å². The summed E-state index contributed by atoms with van der Waals surface area (Å²) in [5.41, 5.74) is 10.8. The number of pyridine rings is 1. The van der Waals surface area contributed by atoms with Crippen molar-refractivity contribution in [3.8, 4) is 5.75 Å². The van der Waals surface area contributed by atoms with E-state index in [1.807, 2.05) is 50.8 Å². The molecule has 0 radical (unpaired) electrons. The molecule has 204 valence electrons. The van der Waals surface area contributed by atoms with Crippen LogP contribution in [0.1, 0.15) is 41.0 Å². The lowest BCUT2D eigenvalue weighted by Gasteiger charge is -2.44. The van der Waals surface area contributed by atoms with Gasteiger partial charge in [-0.3, -0.25) is 4.79 Å². The zero-order chi connectivity index (χ0) is 28.6. The van der Waals surface area contributed by atoms with Gasteiger partial charge in [-0.05, 0) is 91.7 Å². The molecule has 0 saturated carbocycles. The van der Waals surface area contributed by atoms with Gasteiger partial charge >= 0.3 is 0 Å². The number of hydrogen-bond donors (Lipinski definition) is 4. The molecule has 3 aromatic carbocycles. The molecule has 4 aromatic rings. The van der Waals surface area contributed by atoms with Gasteiger partial charge in [0.15, 0.2) is 0 Å². The Balaban J connectivity index is 0.00000100. The second-order valence-corrected chi connectivity index (χ2v) is 9.84. The number of carbonyl (C=O) groups is 2. The minimum Gasteiger partial charge on any atom is -0.508 e. The second-order valence-electron chi connectivity index (χ2n) is 9.84. The van der Waals surface area contributed by atoms with Crippen LogP contribution in [0, 0.1) is 12.7 Å². The summed E-state index contributed by atoms with van der Waals surface area (Å²) >= 11 is 0. The molecule has 1 aromatic heterocycles. The monoisotopic (exact) mass is 531 g/mol. The van der Waals surface area contributed by atoms with Crippen molar-refractivity contribution >= 4 is 24.5 Å². The zero-order valence-corrected chi connectivity index (χ0v) is 22.0. The number of aromatic nitrogens is 1. The molecule has 3 unspecified atom stereocenters. The topological polar surface area (TPSA) is 125 Å². The molecule has 0 aliphatic carbocycles. The largest absolute Gasteiger partial charge is 0.508 e. The highest BCUT2D eigenvalue weighted by Crippen LogP contribution is 2.40. The van der Waals surface area contributed by atoms with E-state index >= 15 is 0 Å². The molecule has 8 heteroatoms. The van der Waals surface area contributed by atoms with Crippen molar-refractivity contribution in [2.75, 3.05) is 6.54 Å². The lowest BCUT2D eigenvalue weighted by Crippen LogP contribution is -2.58. The summed E-state index contributed by atoms with van der Waals surface area (Å²) in [7, 11) is 0. The van der Waals surface area contributed by atoms with E-state index in [-0.39, 0.29) is 29.1 Å². The SMILES string of the molecule is C=O.C=O.Cc1ccc2[nH]c(=O)c(C(c3ccc(O)cc3)C3(N)CCNC(Cc4ccc(F)cc4)C3)cc2c1. The van der Waals surface area contributed by atoms with Gasteiger partial charge in [0.1, 0.15) is 25.1 Å². The molecule has 7 nitrogen and oxygen atoms in total. The highest BCUT2D eigenvalue weighted by Gasteiger charge is 2.42. The minimum atomic E-state index is -0.697. The predicted molar refractivity (Wildman–Crippen MR) is 152 cm³/mol. The van der Waals surface area contributed by atoms with E-state index in [0.717, 1.165) is 34.0 Å². The molecule has 5 rings (SSSR count). The van der Waals surface area contributed by atoms with E-state index in [0.29, 0.717) is 24.9 Å². The summed E-state index contributed by atoms with van der Waals surface area (Å²) in [6, 6.07) is 21.6. The van der Waals surface area contributed by atoms with E-state index in [1.165, 1.54) is 12.1 Å². The van der Waals surface area contributed by atoms with E-state index in [9.17, 15) is 14.3 Å². The van der Waals surface area contributed by atoms with Crippen LogP contribution in [0.2, 0.25) is 0 Å². The van der Waals surface area contributed by atoms with Gasteiger partial charge in [-0.2, -0.15) is 0 Å². The summed E-state index contributed by atoms with van der Waals surface area (Å²) < 4.78 is 13.4. The molecule has 0 bridgehead atoms. The molecule has 39 heavy (non-hydrogen) atoms. The van der Waals surface area contributed by atoms with Gasteiger partial charge in [-0.15, -0.1) is 0 Å². The van der Waals surface area contributed by atoms with E-state index in [1.54, 1.807) is 24.3 Å². The number of piperidine rings is 1. The number of H-pyrrole nitrogens is 1. The van der Waals surface area contributed by atoms with E-state index in [4.69, 9.17) is 15.3 Å². The Morgan fingerprint density at radius 1 is 1.03 bits per heavy atom. The molecule has 1 fully saturated rings. The molecule has 2 heterocycles. The average Bonchev–Trinajstić information content (AvgIpc) is 2.94. The number of halogens is 1. The van der Waals surface area contributed by atoms with E-state index < -0.39 is 5.54 Å². The van der Waals surface area contributed by atoms with Gasteiger partial charge in [0.05, 0.1) is 0 Å². The quantitative estimate of drug-likeness (QED) is 0.307. The molecule has 1 aliphatic rings. The van der Waals surface area contributed by atoms with Crippen molar-refractivity contribution < 1.29 is 19.1 Å². The molecule has 0 spiro atoms. The maximum atomic E-state index is 13.4. The highest BCUT2D eigenvalue weighted by molar-refractivity contribution is 5.80. The average molecular weight is 532 g/mol. The van der Waals surface area contributed by atoms with Crippen molar-refractivity contribution in [3.05, 3.63) is 111 Å². The lowest BCUT2D eigenvalue weighted by molar-refractivity contribution is -0.0987. The van der Waals surface area contributed by atoms with Crippen LogP contribution >= 0.6 is 0 Å². The first-order valence-electron chi connectivity index (χ1n) is 12.6. The van der Waals surface area contributed by atoms with Gasteiger partial charge in [-0.1, -0.05) is 35.9 Å². The number of aromatic hydroxyl groups is 1. The fourth-order valence-electron chi connectivity index (χ4n) is 5.50. The first-order chi connectivity index (χ1) is 18.8. The fourth-order valence-corrected chi connectivity index (χ4v) is 5.50. The fraction of sp³-hybridized carbons (Fsp3) is 0.258. The van der Waals surface area contributed by atoms with Crippen molar-refractivity contribution in [1.29, 1.82) is 0 Å². The van der Waals surface area contributed by atoms with Crippen LogP contribution in [0.3, 0.4) is 0 Å². The Morgan fingerprint density at radius 3 is 2.36 bits per heavy atom. The Morgan fingerprint density at radius 2 is 1.69 bits per heavy atom. The standard InChI is InChI=1S/C29H30FN3O2.2CH2O/c1-18-2-11-26-21(14-18)16-25(28(35)33-26)27(20-5-9-24(34)10-6-20)29(31)12-13-32-23(17-29)15-19-3-7-22(30)8-4-19;2*1-2/h2-11,14,16,23,27,32,34H,12-13,15,17,31H2,1H3,(H,33,35);2*1H2. The van der Waals surface area contributed by atoms with Crippen molar-refractivity contribution in [2.45, 2.75) is 43.7 Å². The van der Waals surface area contributed by atoms with Gasteiger partial charge in [0, 0.05) is 28.6 Å². The third-order valence-corrected chi connectivity index (χ3v) is 7.19. The number of aryl methyl sites for hydroxylation is 1. The van der Waals surface area contributed by atoms with Crippen molar-refractivity contribution in [3.63, 3.8) is 0 Å². The number of nitrogens with one attached hydrogen (secondary N) is 2. The van der Waals surface area contributed by atoms with Crippen LogP contribution in [0.4, 0.5) is 4.39 Å². The summed E-state index contributed by atoms with van der Waals surface area (Å²) in [6.07, 6.45) is 2.04. The molecule has 5 N–H and O–H groups in total. The predicted octanol–water partition coefficient (Wildman–Crippen LogP) is 4.14. The molecule has 0 amide bonds. The van der Waals surface area contributed by atoms with Gasteiger partial charge in [-0.25, -0.2) is 4.39 Å². The number of benzene rings is 3. The number of phenols is 1. The molecular weight excluding hydrogens is 497 g/mol. The lowest BCUT2D eigenvalue weighted by atomic mass is 9.68. The summed E-state index contributed by atoms with van der Waals surface area (Å²) in [5.74, 6) is -0.452. The third-order valence-electron chi connectivity index (χ3n) is 7.19. The Labute approximate surface area is 226 Å². The van der Waals surface area contributed by atoms with Crippen molar-refractivity contribution in [1.82, 2.24) is 10.3 Å². The van der Waals surface area contributed by atoms with Gasteiger partial charge < -0.3 is 30.7 Å². The molecule has 3 atom stereocenters. The molecular formula is C31H34FN3O4. The van der Waals surface area contributed by atoms with Crippen LogP contribution in [0.5, 0.6) is 5.75 Å². The van der Waals surface area contributed by atoms with E-state index in [2.05, 4.69) is 16.4 Å². The normalized spacial score (nSPS) is 19.2. The van der Waals surface area contributed by atoms with Gasteiger partial charge in [0.2, 0.25) is 0 Å². The van der Waals surface area contributed by atoms with Crippen LogP contribution in [-0.2, 0) is 16.0 Å². The second kappa shape index (κ2) is 13.1. The number of aromatic amines is 1. The number of nitrogens with two attached hydrogens (primary N) is 1. The molecule has 1 aliphatic heterocycles. The summed E-state index contributed by atoms with van der Waals surface area (Å²) in [5, 5.41) is 14.4. The maximum Gasteiger partial charge on any atom is 0.252 e. The number of rotatable bonds is 5. The maximum absolute atomic E-state index is 13.4. The first kappa shape index (κ1) is 29.4. The summed E-state index contributed by atoms with van der Waals surface area (Å²) in [4.78, 5) is 32.4. The third kappa shape index (κ3) is 6.85. The van der Waals surface area contributed by atoms with Crippen LogP contribution in [-0.4, -0.2) is 41.8 Å². The minimum absolute atomic E-state index is 0.0839. The van der Waals surface area contributed by atoms with Crippen molar-refractivity contribution in [2.24, 2.45) is 5.73 Å². The smallest absolute Gasteiger partial charge is 0.252 e. The van der Waals surface area contributed by atoms with Crippen LogP contribution in [0.15, 0.2) is 77.6 Å². The highest BCUT2D eigenvalue weighted by atomic mass is 19.1. The van der Waals surface area contributed by atoms with Crippen LogP contribution < -0.4 is 16.6 Å². The Bertz CT molecular complexity index is 1440. The first-order valence-corrected chi connectivity index (χ1v) is 12.6. The number of hydrogen-bond acceptors (Lipinski definition) is 6. The Hall–Kier alpha value is -4.14. The molecule has 1 saturated heterocycles. The zero-order valence-electron chi connectivity index (χ0n) is 22.0. The number of carbonyl (C=O) groups excluding carboxylic acids is 2. The summed E-state index contributed by atoms with van der Waals surface area (Å²) in [6.45, 7) is 6.74. The number of fused-ring (bicyclic) bond motifs is 1. The number of phenolic OH excluding ortho intramolecular Hbond substituents is 1. The van der Waals surface area contributed by atoms with Gasteiger partial charge in [0.25, 0.3) is 5.56 Å².